The molecule has 7 nitrogen and oxygen atoms in total. The van der Waals surface area contributed by atoms with Gasteiger partial charge in [-0.2, -0.15) is 0 Å². The second-order valence-corrected chi connectivity index (χ2v) is 11.4. The predicted octanol–water partition coefficient (Wildman–Crippen LogP) is 4.77. The van der Waals surface area contributed by atoms with Crippen molar-refractivity contribution in [1.29, 1.82) is 0 Å². The molecule has 0 saturated carbocycles. The number of hydrogen-bond donors (Lipinski definition) is 1. The number of amides is 2. The fourth-order valence-electron chi connectivity index (χ4n) is 3.61. The van der Waals surface area contributed by atoms with Crippen molar-refractivity contribution in [3.05, 3.63) is 93.4 Å². The van der Waals surface area contributed by atoms with Gasteiger partial charge in [0, 0.05) is 23.1 Å². The molecule has 3 rings (SSSR count). The van der Waals surface area contributed by atoms with Crippen LogP contribution < -0.4 is 9.62 Å². The van der Waals surface area contributed by atoms with Crippen LogP contribution in [-0.2, 0) is 26.2 Å². The third kappa shape index (κ3) is 6.46. The Balaban J connectivity index is 2.05. The Morgan fingerprint density at radius 3 is 2.33 bits per heavy atom. The summed E-state index contributed by atoms with van der Waals surface area (Å²) in [5.74, 6) is -0.906. The average Bonchev–Trinajstić information content (AvgIpc) is 2.87. The highest BCUT2D eigenvalue weighted by Gasteiger charge is 2.32. The molecule has 0 saturated heterocycles. The lowest BCUT2D eigenvalue weighted by molar-refractivity contribution is -0.139. The Kier molecular flexibility index (Phi) is 9.16. The smallest absolute Gasteiger partial charge is 0.264 e. The standard InChI is InChI=1S/C26H27BrClN3O4S/c1-18-12-13-22(15-24(18)28)31(36(34,35)23-10-5-4-6-11-23)17-25(32)30(19(2)26(33)29-3)16-20-8-7-9-21(27)14-20/h4-15,19H,16-17H2,1-3H3,(H,29,33). The molecule has 0 spiro atoms. The lowest BCUT2D eigenvalue weighted by Gasteiger charge is -2.32. The van der Waals surface area contributed by atoms with Crippen LogP contribution >= 0.6 is 27.5 Å². The molecule has 0 heterocycles. The predicted molar refractivity (Wildman–Crippen MR) is 145 cm³/mol. The van der Waals surface area contributed by atoms with Crippen LogP contribution in [0, 0.1) is 6.92 Å². The van der Waals surface area contributed by atoms with Crippen LogP contribution in [0.25, 0.3) is 0 Å². The maximum atomic E-state index is 13.7. The third-order valence-electron chi connectivity index (χ3n) is 5.71. The van der Waals surface area contributed by atoms with Gasteiger partial charge in [-0.25, -0.2) is 8.42 Å². The number of hydrogen-bond acceptors (Lipinski definition) is 4. The lowest BCUT2D eigenvalue weighted by atomic mass is 10.1. The van der Waals surface area contributed by atoms with E-state index in [0.717, 1.165) is 19.9 Å². The van der Waals surface area contributed by atoms with Crippen molar-refractivity contribution in [3.63, 3.8) is 0 Å². The van der Waals surface area contributed by atoms with E-state index in [-0.39, 0.29) is 23.0 Å². The molecule has 1 unspecified atom stereocenters. The van der Waals surface area contributed by atoms with Crippen molar-refractivity contribution < 1.29 is 18.0 Å². The Labute approximate surface area is 225 Å². The fourth-order valence-corrected chi connectivity index (χ4v) is 5.66. The first-order valence-corrected chi connectivity index (χ1v) is 13.7. The van der Waals surface area contributed by atoms with Gasteiger partial charge < -0.3 is 10.2 Å². The van der Waals surface area contributed by atoms with Gasteiger partial charge >= 0.3 is 0 Å². The number of carbonyl (C=O) groups excluding carboxylic acids is 2. The summed E-state index contributed by atoms with van der Waals surface area (Å²) < 4.78 is 29.2. The van der Waals surface area contributed by atoms with Gasteiger partial charge in [0.2, 0.25) is 11.8 Å². The topological polar surface area (TPSA) is 86.8 Å². The Morgan fingerprint density at radius 2 is 1.72 bits per heavy atom. The molecule has 1 N–H and O–H groups in total. The van der Waals surface area contributed by atoms with Gasteiger partial charge in [0.1, 0.15) is 12.6 Å². The second kappa shape index (κ2) is 11.9. The van der Waals surface area contributed by atoms with Crippen LogP contribution in [0.15, 0.2) is 82.2 Å². The van der Waals surface area contributed by atoms with Crippen molar-refractivity contribution in [2.75, 3.05) is 17.9 Å². The minimum Gasteiger partial charge on any atom is -0.357 e. The number of rotatable bonds is 9. The van der Waals surface area contributed by atoms with Gasteiger partial charge in [-0.15, -0.1) is 0 Å². The highest BCUT2D eigenvalue weighted by atomic mass is 79.9. The van der Waals surface area contributed by atoms with Gasteiger partial charge in [-0.3, -0.25) is 13.9 Å². The van der Waals surface area contributed by atoms with Gasteiger partial charge in [-0.05, 0) is 61.4 Å². The number of anilines is 1. The van der Waals surface area contributed by atoms with Crippen LogP contribution in [0.3, 0.4) is 0 Å². The maximum absolute atomic E-state index is 13.7. The van der Waals surface area contributed by atoms with E-state index in [1.54, 1.807) is 44.2 Å². The molecule has 36 heavy (non-hydrogen) atoms. The summed E-state index contributed by atoms with van der Waals surface area (Å²) in [7, 11) is -2.64. The van der Waals surface area contributed by atoms with E-state index in [1.165, 1.54) is 30.1 Å². The first-order valence-electron chi connectivity index (χ1n) is 11.1. The summed E-state index contributed by atoms with van der Waals surface area (Å²) in [6.45, 7) is 3.00. The number of halogens is 2. The van der Waals surface area contributed by atoms with Gasteiger partial charge in [0.25, 0.3) is 10.0 Å². The SMILES string of the molecule is CNC(=O)C(C)N(Cc1cccc(Br)c1)C(=O)CN(c1ccc(C)c(Cl)c1)S(=O)(=O)c1ccccc1. The zero-order chi connectivity index (χ0) is 26.5. The molecule has 3 aromatic rings. The number of carbonyl (C=O) groups is 2. The highest BCUT2D eigenvalue weighted by molar-refractivity contribution is 9.10. The fraction of sp³-hybridized carbons (Fsp3) is 0.231. The molecule has 3 aromatic carbocycles. The summed E-state index contributed by atoms with van der Waals surface area (Å²) >= 11 is 9.73. The van der Waals surface area contributed by atoms with E-state index in [9.17, 15) is 18.0 Å². The molecule has 2 amide bonds. The molecule has 10 heteroatoms. The first-order chi connectivity index (χ1) is 17.0. The number of sulfonamides is 1. The number of nitrogens with zero attached hydrogens (tertiary/aromatic N) is 2. The van der Waals surface area contributed by atoms with Crippen LogP contribution in [0.4, 0.5) is 5.69 Å². The zero-order valence-electron chi connectivity index (χ0n) is 20.1. The molecule has 0 bridgehead atoms. The van der Waals surface area contributed by atoms with E-state index in [1.807, 2.05) is 24.3 Å². The van der Waals surface area contributed by atoms with Crippen LogP contribution in [0.1, 0.15) is 18.1 Å². The molecule has 0 aliphatic heterocycles. The van der Waals surface area contributed by atoms with Crippen molar-refractivity contribution in [2.45, 2.75) is 31.3 Å². The zero-order valence-corrected chi connectivity index (χ0v) is 23.3. The van der Waals surface area contributed by atoms with E-state index in [2.05, 4.69) is 21.2 Å². The maximum Gasteiger partial charge on any atom is 0.264 e. The number of benzene rings is 3. The van der Waals surface area contributed by atoms with Crippen molar-refractivity contribution >= 4 is 55.1 Å². The first kappa shape index (κ1) is 27.7. The summed E-state index contributed by atoms with van der Waals surface area (Å²) in [5, 5.41) is 2.93. The number of aryl methyl sites for hydroxylation is 1. The Hall–Kier alpha value is -2.88. The lowest BCUT2D eigenvalue weighted by Crippen LogP contribution is -2.50. The minimum atomic E-state index is -4.12. The average molecular weight is 593 g/mol. The summed E-state index contributed by atoms with van der Waals surface area (Å²) in [6, 6.07) is 19.2. The number of nitrogens with one attached hydrogen (secondary N) is 1. The molecule has 1 atom stereocenters. The van der Waals surface area contributed by atoms with E-state index in [0.29, 0.717) is 5.02 Å². The van der Waals surface area contributed by atoms with Crippen molar-refractivity contribution in [2.24, 2.45) is 0 Å². The molecule has 190 valence electrons. The normalized spacial score (nSPS) is 12.0. The second-order valence-electron chi connectivity index (χ2n) is 8.20. The van der Waals surface area contributed by atoms with E-state index < -0.39 is 28.5 Å². The highest BCUT2D eigenvalue weighted by Crippen LogP contribution is 2.28. The van der Waals surface area contributed by atoms with Crippen molar-refractivity contribution in [3.8, 4) is 0 Å². The van der Waals surface area contributed by atoms with Gasteiger partial charge in [0.05, 0.1) is 10.6 Å². The van der Waals surface area contributed by atoms with E-state index in [4.69, 9.17) is 11.6 Å². The summed E-state index contributed by atoms with van der Waals surface area (Å²) in [6.07, 6.45) is 0. The van der Waals surface area contributed by atoms with Crippen LogP contribution in [0.2, 0.25) is 5.02 Å². The minimum absolute atomic E-state index is 0.0346. The molecule has 0 radical (unpaired) electrons. The van der Waals surface area contributed by atoms with Gasteiger partial charge in [-0.1, -0.05) is 63.9 Å². The Morgan fingerprint density at radius 1 is 1.03 bits per heavy atom. The van der Waals surface area contributed by atoms with Crippen LogP contribution in [0.5, 0.6) is 0 Å². The molecule has 0 aliphatic rings. The number of likely N-dealkylation sites (N-methyl/N-ethyl adjacent to an activating group) is 1. The van der Waals surface area contributed by atoms with Gasteiger partial charge in [0.15, 0.2) is 0 Å². The molecular formula is C26H27BrClN3O4S. The van der Waals surface area contributed by atoms with Crippen molar-refractivity contribution in [1.82, 2.24) is 10.2 Å². The quantitative estimate of drug-likeness (QED) is 0.388. The summed E-state index contributed by atoms with van der Waals surface area (Å²) in [4.78, 5) is 27.6. The molecule has 0 aliphatic carbocycles. The summed E-state index contributed by atoms with van der Waals surface area (Å²) in [5.41, 5.74) is 1.80. The third-order valence-corrected chi connectivity index (χ3v) is 8.40. The molecular weight excluding hydrogens is 566 g/mol. The van der Waals surface area contributed by atoms with Crippen LogP contribution in [-0.4, -0.2) is 44.8 Å². The Bertz CT molecular complexity index is 1350. The monoisotopic (exact) mass is 591 g/mol. The molecule has 0 fully saturated rings. The largest absolute Gasteiger partial charge is 0.357 e. The molecule has 0 aromatic heterocycles. The van der Waals surface area contributed by atoms with E-state index >= 15 is 0 Å².